The first-order valence-electron chi connectivity index (χ1n) is 18.9. The zero-order valence-corrected chi connectivity index (χ0v) is 30.7. The number of imidazole rings is 1. The molecule has 6 aromatic heterocycles. The smallest absolute Gasteiger partial charge is 0.146 e. The van der Waals surface area contributed by atoms with Gasteiger partial charge in [0.05, 0.1) is 48.0 Å². The van der Waals surface area contributed by atoms with Crippen molar-refractivity contribution in [2.24, 2.45) is 0 Å². The molecule has 13 aromatic rings. The number of thiophene rings is 1. The topological polar surface area (TPSA) is 40.0 Å². The average molecular weight is 732 g/mol. The predicted molar refractivity (Wildman–Crippen MR) is 235 cm³/mol. The Bertz CT molecular complexity index is 3770. The Labute approximate surface area is 323 Å². The molecule has 0 fully saturated rings. The minimum absolute atomic E-state index is 0.900. The molecule has 0 aliphatic rings. The number of benzene rings is 7. The molecular formula is C50H29N5S. The molecule has 6 heteroatoms. The summed E-state index contributed by atoms with van der Waals surface area (Å²) in [4.78, 5) is 10.7. The maximum atomic E-state index is 5.54. The molecule has 13 rings (SSSR count). The van der Waals surface area contributed by atoms with E-state index in [0.29, 0.717) is 0 Å². The van der Waals surface area contributed by atoms with Gasteiger partial charge in [0.1, 0.15) is 17.0 Å². The maximum absolute atomic E-state index is 5.54. The fraction of sp³-hybridized carbons (Fsp3) is 0. The molecule has 0 bridgehead atoms. The third-order valence-electron chi connectivity index (χ3n) is 11.6. The van der Waals surface area contributed by atoms with E-state index in [1.54, 1.807) is 0 Å². The Balaban J connectivity index is 1.03. The van der Waals surface area contributed by atoms with E-state index in [4.69, 9.17) is 9.97 Å². The number of rotatable bonds is 3. The Kier molecular flexibility index (Phi) is 5.98. The second-order valence-corrected chi connectivity index (χ2v) is 15.7. The fourth-order valence-corrected chi connectivity index (χ4v) is 10.4. The highest BCUT2D eigenvalue weighted by atomic mass is 32.1. The van der Waals surface area contributed by atoms with Gasteiger partial charge in [-0.3, -0.25) is 8.97 Å². The third-order valence-corrected chi connectivity index (χ3v) is 12.8. The van der Waals surface area contributed by atoms with Gasteiger partial charge >= 0.3 is 0 Å². The summed E-state index contributed by atoms with van der Waals surface area (Å²) < 4.78 is 9.42. The molecule has 5 nitrogen and oxygen atoms in total. The Hall–Kier alpha value is -7.28. The molecule has 56 heavy (non-hydrogen) atoms. The number of nitrogens with zero attached hydrogens (tertiary/aromatic N) is 5. The van der Waals surface area contributed by atoms with E-state index in [2.05, 4.69) is 189 Å². The summed E-state index contributed by atoms with van der Waals surface area (Å²) in [6, 6.07) is 63.4. The summed E-state index contributed by atoms with van der Waals surface area (Å²) in [5.41, 5.74) is 13.4. The number of hydrogen-bond donors (Lipinski definition) is 0. The van der Waals surface area contributed by atoms with Gasteiger partial charge < -0.3 is 4.57 Å². The van der Waals surface area contributed by atoms with Crippen molar-refractivity contribution in [1.82, 2.24) is 23.5 Å². The van der Waals surface area contributed by atoms with E-state index in [0.717, 1.165) is 54.7 Å². The van der Waals surface area contributed by atoms with Crippen LogP contribution in [0, 0.1) is 0 Å². The van der Waals surface area contributed by atoms with E-state index < -0.39 is 0 Å². The molecule has 260 valence electrons. The number of fused-ring (bicyclic) bond motifs is 16. The van der Waals surface area contributed by atoms with Crippen molar-refractivity contribution in [2.45, 2.75) is 0 Å². The monoisotopic (exact) mass is 731 g/mol. The van der Waals surface area contributed by atoms with Crippen LogP contribution < -0.4 is 0 Å². The first-order chi connectivity index (χ1) is 27.8. The van der Waals surface area contributed by atoms with Crippen molar-refractivity contribution >= 4 is 103 Å². The van der Waals surface area contributed by atoms with Crippen molar-refractivity contribution in [1.29, 1.82) is 0 Å². The standard InChI is InChI=1S/C50H29N5S/c1-2-12-32(13-3-1)53-40-19-9-6-14-33(40)37-28-30(22-24-42(37)53)31-23-25-43-38(29-31)34-15-7-10-20-41(34)54(43)46-27-26-45-47(52-46)48-49(56-45)35-16-4-5-17-36(35)50-51-39-18-8-11-21-44(39)55(48)50/h1-29H. The van der Waals surface area contributed by atoms with Crippen LogP contribution in [0.2, 0.25) is 0 Å². The van der Waals surface area contributed by atoms with E-state index in [-0.39, 0.29) is 0 Å². The Morgan fingerprint density at radius 2 is 0.982 bits per heavy atom. The molecule has 0 radical (unpaired) electrons. The summed E-state index contributed by atoms with van der Waals surface area (Å²) in [6.07, 6.45) is 0. The van der Waals surface area contributed by atoms with Crippen LogP contribution in [0.5, 0.6) is 0 Å². The second kappa shape index (κ2) is 11.1. The first kappa shape index (κ1) is 30.1. The molecule has 7 aromatic carbocycles. The molecule has 0 saturated carbocycles. The van der Waals surface area contributed by atoms with Gasteiger partial charge in [-0.15, -0.1) is 11.3 Å². The molecule has 0 amide bonds. The van der Waals surface area contributed by atoms with Gasteiger partial charge in [0.15, 0.2) is 0 Å². The summed E-state index contributed by atoms with van der Waals surface area (Å²) in [5, 5.41) is 7.28. The third kappa shape index (κ3) is 4.03. The van der Waals surface area contributed by atoms with Gasteiger partial charge in [0.25, 0.3) is 0 Å². The number of hydrogen-bond acceptors (Lipinski definition) is 3. The highest BCUT2D eigenvalue weighted by Gasteiger charge is 2.21. The second-order valence-electron chi connectivity index (χ2n) is 14.6. The van der Waals surface area contributed by atoms with E-state index in [1.165, 1.54) is 59.5 Å². The molecule has 0 aliphatic carbocycles. The maximum Gasteiger partial charge on any atom is 0.146 e. The number of aromatic nitrogens is 5. The van der Waals surface area contributed by atoms with Crippen LogP contribution in [0.15, 0.2) is 176 Å². The van der Waals surface area contributed by atoms with Crippen LogP contribution in [-0.4, -0.2) is 23.5 Å². The molecule has 0 N–H and O–H groups in total. The minimum Gasteiger partial charge on any atom is -0.309 e. The Morgan fingerprint density at radius 3 is 1.71 bits per heavy atom. The average Bonchev–Trinajstić information content (AvgIpc) is 4.01. The highest BCUT2D eigenvalue weighted by Crippen LogP contribution is 2.42. The van der Waals surface area contributed by atoms with Crippen molar-refractivity contribution in [2.75, 3.05) is 0 Å². The fourth-order valence-electron chi connectivity index (χ4n) is 9.18. The summed E-state index contributed by atoms with van der Waals surface area (Å²) in [6.45, 7) is 0. The van der Waals surface area contributed by atoms with Crippen LogP contribution >= 0.6 is 11.3 Å². The first-order valence-corrected chi connectivity index (χ1v) is 19.7. The zero-order valence-electron chi connectivity index (χ0n) is 29.9. The Morgan fingerprint density at radius 1 is 0.411 bits per heavy atom. The van der Waals surface area contributed by atoms with E-state index in [1.807, 2.05) is 11.3 Å². The lowest BCUT2D eigenvalue weighted by atomic mass is 10.0. The highest BCUT2D eigenvalue weighted by molar-refractivity contribution is 7.26. The lowest BCUT2D eigenvalue weighted by Crippen LogP contribution is -1.98. The van der Waals surface area contributed by atoms with Crippen molar-refractivity contribution in [3.05, 3.63) is 176 Å². The number of pyridine rings is 2. The van der Waals surface area contributed by atoms with Crippen molar-refractivity contribution in [3.63, 3.8) is 0 Å². The largest absolute Gasteiger partial charge is 0.309 e. The molecule has 0 unspecified atom stereocenters. The van der Waals surface area contributed by atoms with Crippen LogP contribution in [0.4, 0.5) is 0 Å². The van der Waals surface area contributed by atoms with E-state index in [9.17, 15) is 0 Å². The van der Waals surface area contributed by atoms with Gasteiger partial charge in [0, 0.05) is 38.0 Å². The lowest BCUT2D eigenvalue weighted by molar-refractivity contribution is 1.10. The van der Waals surface area contributed by atoms with Crippen LogP contribution in [0.25, 0.3) is 114 Å². The molecular weight excluding hydrogens is 703 g/mol. The summed E-state index contributed by atoms with van der Waals surface area (Å²) >= 11 is 1.81. The zero-order chi connectivity index (χ0) is 36.5. The van der Waals surface area contributed by atoms with E-state index >= 15 is 0 Å². The normalized spacial score (nSPS) is 12.3. The molecule has 0 atom stereocenters. The molecule has 6 heterocycles. The molecule has 0 spiro atoms. The van der Waals surface area contributed by atoms with Crippen molar-refractivity contribution < 1.29 is 0 Å². The van der Waals surface area contributed by atoms with Gasteiger partial charge in [-0.1, -0.05) is 103 Å². The lowest BCUT2D eigenvalue weighted by Gasteiger charge is -2.09. The van der Waals surface area contributed by atoms with Crippen LogP contribution in [-0.2, 0) is 0 Å². The van der Waals surface area contributed by atoms with Crippen molar-refractivity contribution in [3.8, 4) is 22.6 Å². The summed E-state index contributed by atoms with van der Waals surface area (Å²) in [5.74, 6) is 0.900. The number of para-hydroxylation sites is 5. The van der Waals surface area contributed by atoms with Gasteiger partial charge in [-0.2, -0.15) is 0 Å². The SMILES string of the molecule is c1ccc(-n2c3ccccc3c3cc(-c4ccc5c(c4)c4ccccc4n5-c4ccc5sc6c7ccccc7c7nc8ccccc8n7c6c5n4)ccc32)cc1. The molecule has 0 aliphatic heterocycles. The summed E-state index contributed by atoms with van der Waals surface area (Å²) in [7, 11) is 0. The van der Waals surface area contributed by atoms with Crippen LogP contribution in [0.1, 0.15) is 0 Å². The quantitative estimate of drug-likeness (QED) is 0.181. The van der Waals surface area contributed by atoms with Gasteiger partial charge in [-0.25, -0.2) is 9.97 Å². The van der Waals surface area contributed by atoms with Gasteiger partial charge in [-0.05, 0) is 83.9 Å². The van der Waals surface area contributed by atoms with Crippen LogP contribution in [0.3, 0.4) is 0 Å². The molecule has 0 saturated heterocycles. The predicted octanol–water partition coefficient (Wildman–Crippen LogP) is 13.3. The van der Waals surface area contributed by atoms with Gasteiger partial charge in [0.2, 0.25) is 0 Å². The minimum atomic E-state index is 0.900.